The number of hydrogen-bond donors (Lipinski definition) is 0. The number of alkyl halides is 15. The normalized spacial score (nSPS) is 16.6. The molecule has 210 valence electrons. The molecular weight excluding hydrogens is 543 g/mol. The second-order valence-corrected chi connectivity index (χ2v) is 8.13. The Hall–Kier alpha value is -2.07. The van der Waals surface area contributed by atoms with Crippen LogP contribution in [0.15, 0.2) is 24.3 Å². The van der Waals surface area contributed by atoms with Crippen molar-refractivity contribution in [2.75, 3.05) is 26.1 Å². The van der Waals surface area contributed by atoms with Crippen LogP contribution in [0.5, 0.6) is 0 Å². The Morgan fingerprint density at radius 1 is 0.667 bits per heavy atom. The Morgan fingerprint density at radius 3 is 1.47 bits per heavy atom. The van der Waals surface area contributed by atoms with Crippen molar-refractivity contribution in [3.05, 3.63) is 29.8 Å². The molecule has 0 radical (unpaired) electrons. The van der Waals surface area contributed by atoms with Gasteiger partial charge >= 0.3 is 41.7 Å². The lowest BCUT2D eigenvalue weighted by molar-refractivity contribution is -0.453. The zero-order valence-corrected chi connectivity index (χ0v) is 18.5. The summed E-state index contributed by atoms with van der Waals surface area (Å²) in [7, 11) is 3.48. The lowest BCUT2D eigenvalue weighted by Gasteiger charge is -2.43. The number of halogens is 15. The molecule has 0 bridgehead atoms. The summed E-state index contributed by atoms with van der Waals surface area (Å²) >= 11 is 0. The van der Waals surface area contributed by atoms with E-state index in [9.17, 15) is 65.9 Å². The molecule has 0 heterocycles. The van der Waals surface area contributed by atoms with Gasteiger partial charge in [-0.25, -0.2) is 0 Å². The van der Waals surface area contributed by atoms with Crippen LogP contribution < -0.4 is 4.90 Å². The van der Waals surface area contributed by atoms with Crippen molar-refractivity contribution in [2.45, 2.75) is 60.7 Å². The summed E-state index contributed by atoms with van der Waals surface area (Å²) in [6.07, 6.45) is -10.3. The topological polar surface area (TPSA) is 12.5 Å². The summed E-state index contributed by atoms with van der Waals surface area (Å²) in [4.78, 5) is 1.37. The fraction of sp³-hybridized carbons (Fsp3) is 0.684. The number of benzene rings is 1. The Bertz CT molecular complexity index is 926. The third-order valence-corrected chi connectivity index (χ3v) is 5.38. The van der Waals surface area contributed by atoms with Crippen molar-refractivity contribution in [3.8, 4) is 0 Å². The number of ether oxygens (including phenoxy) is 1. The highest BCUT2D eigenvalue weighted by Crippen LogP contribution is 2.63. The van der Waals surface area contributed by atoms with Crippen molar-refractivity contribution in [2.24, 2.45) is 0 Å². The number of hydrogen-bond acceptors (Lipinski definition) is 2. The third kappa shape index (κ3) is 4.66. The van der Waals surface area contributed by atoms with Gasteiger partial charge < -0.3 is 9.64 Å². The van der Waals surface area contributed by atoms with E-state index in [2.05, 4.69) is 4.74 Å². The van der Waals surface area contributed by atoms with Crippen LogP contribution in [0, 0.1) is 0 Å². The number of methoxy groups -OCH3 is 1. The van der Waals surface area contributed by atoms with Crippen LogP contribution in [0.25, 0.3) is 0 Å². The molecule has 1 atom stereocenters. The standard InChI is InChI=1S/C19H18F15NO/c1-12(36-4,10-6-5-7-11(8-10)35(2)3)9-13(20,21)14(22,23)15(24,25)16(26,27)17(28,29)18(30,31)19(32,33)34/h5-8H,9H2,1-4H3. The van der Waals surface area contributed by atoms with Gasteiger partial charge in [-0.2, -0.15) is 65.9 Å². The first kappa shape index (κ1) is 32.0. The first-order valence-corrected chi connectivity index (χ1v) is 9.34. The van der Waals surface area contributed by atoms with Gasteiger partial charge in [-0.05, 0) is 24.6 Å². The quantitative estimate of drug-likeness (QED) is 0.277. The molecule has 0 saturated heterocycles. The van der Waals surface area contributed by atoms with E-state index in [0.717, 1.165) is 12.1 Å². The van der Waals surface area contributed by atoms with Gasteiger partial charge in [-0.1, -0.05) is 12.1 Å². The van der Waals surface area contributed by atoms with Crippen molar-refractivity contribution in [3.63, 3.8) is 0 Å². The monoisotopic (exact) mass is 561 g/mol. The zero-order chi connectivity index (χ0) is 29.0. The highest BCUT2D eigenvalue weighted by atomic mass is 19.4. The number of nitrogens with zero attached hydrogens (tertiary/aromatic N) is 1. The number of rotatable bonds is 10. The Kier molecular flexibility index (Phi) is 8.03. The smallest absolute Gasteiger partial charge is 0.378 e. The lowest BCUT2D eigenvalue weighted by atomic mass is 9.83. The molecule has 0 saturated carbocycles. The van der Waals surface area contributed by atoms with Crippen molar-refractivity contribution >= 4 is 5.69 Å². The van der Waals surface area contributed by atoms with Gasteiger partial charge in [-0.15, -0.1) is 0 Å². The zero-order valence-electron chi connectivity index (χ0n) is 18.5. The predicted molar refractivity (Wildman–Crippen MR) is 95.5 cm³/mol. The van der Waals surface area contributed by atoms with Crippen LogP contribution in [0.2, 0.25) is 0 Å². The van der Waals surface area contributed by atoms with Crippen molar-refractivity contribution in [1.82, 2.24) is 0 Å². The molecule has 0 aliphatic rings. The maximum Gasteiger partial charge on any atom is 0.460 e. The first-order valence-electron chi connectivity index (χ1n) is 9.34. The molecule has 0 amide bonds. The third-order valence-electron chi connectivity index (χ3n) is 5.38. The minimum atomic E-state index is -8.32. The predicted octanol–water partition coefficient (Wildman–Crippen LogP) is 7.38. The minimum Gasteiger partial charge on any atom is -0.378 e. The molecule has 0 N–H and O–H groups in total. The summed E-state index contributed by atoms with van der Waals surface area (Å²) in [5, 5.41) is 0. The minimum absolute atomic E-state index is 0.219. The summed E-state index contributed by atoms with van der Waals surface area (Å²) < 4.78 is 206. The van der Waals surface area contributed by atoms with E-state index >= 15 is 0 Å². The van der Waals surface area contributed by atoms with Gasteiger partial charge in [0.25, 0.3) is 0 Å². The average molecular weight is 561 g/mol. The van der Waals surface area contributed by atoms with E-state index in [1.54, 1.807) is 0 Å². The average Bonchev–Trinajstić information content (AvgIpc) is 2.71. The molecule has 1 aromatic rings. The summed E-state index contributed by atoms with van der Waals surface area (Å²) in [5.74, 6) is -46.7. The van der Waals surface area contributed by atoms with E-state index in [-0.39, 0.29) is 5.69 Å². The van der Waals surface area contributed by atoms with E-state index in [4.69, 9.17) is 0 Å². The fourth-order valence-corrected chi connectivity index (χ4v) is 2.94. The van der Waals surface area contributed by atoms with Crippen LogP contribution in [-0.4, -0.2) is 62.9 Å². The van der Waals surface area contributed by atoms with E-state index in [1.807, 2.05) is 0 Å². The molecule has 1 aromatic carbocycles. The molecule has 17 heteroatoms. The second-order valence-electron chi connectivity index (χ2n) is 8.13. The Balaban J connectivity index is 3.61. The van der Waals surface area contributed by atoms with E-state index < -0.39 is 59.3 Å². The number of anilines is 1. The Labute approximate surface area is 194 Å². The summed E-state index contributed by atoms with van der Waals surface area (Å²) in [5.41, 5.74) is -2.91. The highest BCUT2D eigenvalue weighted by Gasteiger charge is 2.93. The fourth-order valence-electron chi connectivity index (χ4n) is 2.94. The van der Waals surface area contributed by atoms with Gasteiger partial charge in [0.1, 0.15) is 0 Å². The molecule has 0 aliphatic carbocycles. The van der Waals surface area contributed by atoms with Crippen LogP contribution in [-0.2, 0) is 10.3 Å². The van der Waals surface area contributed by atoms with Gasteiger partial charge in [0.05, 0.1) is 12.0 Å². The van der Waals surface area contributed by atoms with Crippen LogP contribution >= 0.6 is 0 Å². The van der Waals surface area contributed by atoms with Crippen molar-refractivity contribution < 1.29 is 70.6 Å². The molecule has 0 fully saturated rings. The molecule has 0 spiro atoms. The molecule has 1 unspecified atom stereocenters. The largest absolute Gasteiger partial charge is 0.460 e. The second kappa shape index (κ2) is 9.04. The molecule has 2 nitrogen and oxygen atoms in total. The molecule has 0 aliphatic heterocycles. The Morgan fingerprint density at radius 2 is 1.08 bits per heavy atom. The van der Waals surface area contributed by atoms with E-state index in [0.29, 0.717) is 14.0 Å². The summed E-state index contributed by atoms with van der Waals surface area (Å²) in [6.45, 7) is 0.606. The molecule has 1 rings (SSSR count). The van der Waals surface area contributed by atoms with Gasteiger partial charge in [0.2, 0.25) is 0 Å². The highest BCUT2D eigenvalue weighted by molar-refractivity contribution is 5.48. The molecule has 36 heavy (non-hydrogen) atoms. The maximum atomic E-state index is 14.5. The van der Waals surface area contributed by atoms with E-state index in [1.165, 1.54) is 31.1 Å². The van der Waals surface area contributed by atoms with Gasteiger partial charge in [0.15, 0.2) is 0 Å². The van der Waals surface area contributed by atoms with Crippen LogP contribution in [0.4, 0.5) is 71.5 Å². The van der Waals surface area contributed by atoms with Crippen molar-refractivity contribution in [1.29, 1.82) is 0 Å². The molecule has 0 aromatic heterocycles. The lowest BCUT2D eigenvalue weighted by Crippen LogP contribution is -2.72. The van der Waals surface area contributed by atoms with Gasteiger partial charge in [-0.3, -0.25) is 0 Å². The molecular formula is C19H18F15NO. The SMILES string of the molecule is COC(C)(CC(F)(F)C(F)(F)C(F)(F)C(F)(F)C(F)(F)C(F)(F)C(F)(F)F)c1cccc(N(C)C)c1. The first-order chi connectivity index (χ1) is 15.7. The van der Waals surface area contributed by atoms with Crippen LogP contribution in [0.3, 0.4) is 0 Å². The maximum absolute atomic E-state index is 14.5. The van der Waals surface area contributed by atoms with Crippen LogP contribution in [0.1, 0.15) is 18.9 Å². The van der Waals surface area contributed by atoms with Gasteiger partial charge in [0, 0.05) is 26.9 Å². The summed E-state index contributed by atoms with van der Waals surface area (Å²) in [6, 6.07) is 4.53.